The lowest BCUT2D eigenvalue weighted by atomic mass is 10.0. The van der Waals surface area contributed by atoms with Crippen molar-refractivity contribution >= 4 is 0 Å². The molecule has 1 unspecified atom stereocenters. The minimum Gasteiger partial charge on any atom is -0.393 e. The Hall–Kier alpha value is -0.110. The van der Waals surface area contributed by atoms with E-state index in [1.165, 1.54) is 51.4 Å². The third-order valence-electron chi connectivity index (χ3n) is 3.81. The van der Waals surface area contributed by atoms with Crippen LogP contribution in [0.4, 0.5) is 4.39 Å². The van der Waals surface area contributed by atoms with Gasteiger partial charge >= 0.3 is 0 Å². The Morgan fingerprint density at radius 3 is 1.58 bits per heavy atom. The number of aliphatic hydroxyl groups is 1. The lowest BCUT2D eigenvalue weighted by Gasteiger charge is -2.10. The van der Waals surface area contributed by atoms with Gasteiger partial charge in [0.15, 0.2) is 0 Å². The molecule has 0 aromatic heterocycles. The molecule has 0 spiro atoms. The average molecular weight is 274 g/mol. The van der Waals surface area contributed by atoms with E-state index >= 15 is 0 Å². The van der Waals surface area contributed by atoms with E-state index in [1.54, 1.807) is 0 Å². The number of unbranched alkanes of at least 4 members (excludes halogenated alkanes) is 10. The standard InChI is InChI=1S/C17H35FO/c1-2-3-4-5-8-11-14-17(19)15-12-9-6-7-10-13-16-18/h17,19H,2-16H2,1H3. The van der Waals surface area contributed by atoms with E-state index < -0.39 is 0 Å². The molecule has 0 aliphatic carbocycles. The number of halogens is 1. The van der Waals surface area contributed by atoms with Gasteiger partial charge in [-0.25, -0.2) is 0 Å². The van der Waals surface area contributed by atoms with Crippen LogP contribution in [0.15, 0.2) is 0 Å². The molecule has 0 heterocycles. The Morgan fingerprint density at radius 1 is 0.684 bits per heavy atom. The number of hydrogen-bond donors (Lipinski definition) is 1. The summed E-state index contributed by atoms with van der Waals surface area (Å²) in [4.78, 5) is 0. The Labute approximate surface area is 120 Å². The molecule has 19 heavy (non-hydrogen) atoms. The van der Waals surface area contributed by atoms with Crippen molar-refractivity contribution in [2.45, 2.75) is 103 Å². The Kier molecular flexibility index (Phi) is 15.9. The van der Waals surface area contributed by atoms with Crippen molar-refractivity contribution in [3.05, 3.63) is 0 Å². The highest BCUT2D eigenvalue weighted by Crippen LogP contribution is 2.13. The van der Waals surface area contributed by atoms with Crippen LogP contribution >= 0.6 is 0 Å². The van der Waals surface area contributed by atoms with E-state index in [9.17, 15) is 9.50 Å². The lowest BCUT2D eigenvalue weighted by Crippen LogP contribution is -2.05. The highest BCUT2D eigenvalue weighted by atomic mass is 19.1. The third kappa shape index (κ3) is 15.8. The van der Waals surface area contributed by atoms with Gasteiger partial charge in [-0.15, -0.1) is 0 Å². The van der Waals surface area contributed by atoms with E-state index in [2.05, 4.69) is 6.92 Å². The second-order valence-corrected chi connectivity index (χ2v) is 5.81. The van der Waals surface area contributed by atoms with Crippen molar-refractivity contribution in [3.8, 4) is 0 Å². The quantitative estimate of drug-likeness (QED) is 0.374. The first-order chi connectivity index (χ1) is 9.31. The van der Waals surface area contributed by atoms with Crippen LogP contribution in [0.2, 0.25) is 0 Å². The summed E-state index contributed by atoms with van der Waals surface area (Å²) in [5, 5.41) is 9.84. The molecule has 1 N–H and O–H groups in total. The van der Waals surface area contributed by atoms with Crippen LogP contribution in [-0.4, -0.2) is 17.9 Å². The fourth-order valence-electron chi connectivity index (χ4n) is 2.49. The zero-order chi connectivity index (χ0) is 14.2. The first-order valence-corrected chi connectivity index (χ1v) is 8.55. The van der Waals surface area contributed by atoms with E-state index in [0.717, 1.165) is 38.5 Å². The Morgan fingerprint density at radius 2 is 1.11 bits per heavy atom. The minimum atomic E-state index is -0.170. The van der Waals surface area contributed by atoms with Gasteiger partial charge in [0.25, 0.3) is 0 Å². The number of alkyl halides is 1. The van der Waals surface area contributed by atoms with Gasteiger partial charge in [-0.1, -0.05) is 77.6 Å². The van der Waals surface area contributed by atoms with Gasteiger partial charge in [0.1, 0.15) is 0 Å². The fourth-order valence-corrected chi connectivity index (χ4v) is 2.49. The van der Waals surface area contributed by atoms with Crippen LogP contribution < -0.4 is 0 Å². The molecule has 0 aromatic carbocycles. The first-order valence-electron chi connectivity index (χ1n) is 8.55. The summed E-state index contributed by atoms with van der Waals surface area (Å²) < 4.78 is 11.9. The van der Waals surface area contributed by atoms with Crippen LogP contribution in [0.3, 0.4) is 0 Å². The highest BCUT2D eigenvalue weighted by molar-refractivity contribution is 4.57. The van der Waals surface area contributed by atoms with Crippen LogP contribution in [-0.2, 0) is 0 Å². The molecule has 0 aliphatic heterocycles. The van der Waals surface area contributed by atoms with Gasteiger partial charge in [0.05, 0.1) is 12.8 Å². The molecule has 0 bridgehead atoms. The number of rotatable bonds is 15. The van der Waals surface area contributed by atoms with Crippen LogP contribution in [0, 0.1) is 0 Å². The van der Waals surface area contributed by atoms with Crippen molar-refractivity contribution in [2.24, 2.45) is 0 Å². The second-order valence-electron chi connectivity index (χ2n) is 5.81. The number of aliphatic hydroxyl groups excluding tert-OH is 1. The van der Waals surface area contributed by atoms with Crippen molar-refractivity contribution < 1.29 is 9.50 Å². The van der Waals surface area contributed by atoms with Crippen molar-refractivity contribution in [2.75, 3.05) is 6.67 Å². The molecular formula is C17H35FO. The van der Waals surface area contributed by atoms with Gasteiger partial charge in [-0.3, -0.25) is 4.39 Å². The monoisotopic (exact) mass is 274 g/mol. The first kappa shape index (κ1) is 18.9. The van der Waals surface area contributed by atoms with Crippen molar-refractivity contribution in [1.29, 1.82) is 0 Å². The van der Waals surface area contributed by atoms with E-state index in [0.29, 0.717) is 0 Å². The van der Waals surface area contributed by atoms with Crippen LogP contribution in [0.1, 0.15) is 96.8 Å². The fraction of sp³-hybridized carbons (Fsp3) is 1.00. The maximum Gasteiger partial charge on any atom is 0.0894 e. The Bertz CT molecular complexity index is 161. The van der Waals surface area contributed by atoms with Gasteiger partial charge in [-0.2, -0.15) is 0 Å². The zero-order valence-corrected chi connectivity index (χ0v) is 13.0. The smallest absolute Gasteiger partial charge is 0.0894 e. The third-order valence-corrected chi connectivity index (χ3v) is 3.81. The predicted octanol–water partition coefficient (Wildman–Crippen LogP) is 5.80. The number of hydrogen-bond acceptors (Lipinski definition) is 1. The summed E-state index contributed by atoms with van der Waals surface area (Å²) in [5.41, 5.74) is 0. The molecule has 0 fully saturated rings. The maximum atomic E-state index is 11.9. The molecular weight excluding hydrogens is 239 g/mol. The molecule has 0 saturated heterocycles. The van der Waals surface area contributed by atoms with E-state index in [4.69, 9.17) is 0 Å². The molecule has 1 nitrogen and oxygen atoms in total. The van der Waals surface area contributed by atoms with Crippen LogP contribution in [0.5, 0.6) is 0 Å². The molecule has 0 radical (unpaired) electrons. The summed E-state index contributed by atoms with van der Waals surface area (Å²) in [6.07, 6.45) is 16.1. The molecule has 0 rings (SSSR count). The highest BCUT2D eigenvalue weighted by Gasteiger charge is 2.03. The molecule has 2 heteroatoms. The summed E-state index contributed by atoms with van der Waals surface area (Å²) in [6.45, 7) is 2.07. The Balaban J connectivity index is 3.10. The van der Waals surface area contributed by atoms with Gasteiger partial charge < -0.3 is 5.11 Å². The summed E-state index contributed by atoms with van der Waals surface area (Å²) in [7, 11) is 0. The largest absolute Gasteiger partial charge is 0.393 e. The summed E-state index contributed by atoms with van der Waals surface area (Å²) in [6, 6.07) is 0. The predicted molar refractivity (Wildman–Crippen MR) is 82.3 cm³/mol. The molecule has 0 amide bonds. The molecule has 0 aromatic rings. The van der Waals surface area contributed by atoms with Crippen molar-refractivity contribution in [1.82, 2.24) is 0 Å². The SMILES string of the molecule is CCCCCCCCC(O)CCCCCCCCF. The lowest BCUT2D eigenvalue weighted by molar-refractivity contribution is 0.147. The van der Waals surface area contributed by atoms with E-state index in [1.807, 2.05) is 0 Å². The molecule has 116 valence electrons. The topological polar surface area (TPSA) is 20.2 Å². The zero-order valence-electron chi connectivity index (χ0n) is 13.0. The summed E-state index contributed by atoms with van der Waals surface area (Å²) >= 11 is 0. The van der Waals surface area contributed by atoms with Gasteiger partial charge in [0.2, 0.25) is 0 Å². The van der Waals surface area contributed by atoms with E-state index in [-0.39, 0.29) is 12.8 Å². The van der Waals surface area contributed by atoms with Gasteiger partial charge in [-0.05, 0) is 19.3 Å². The summed E-state index contributed by atoms with van der Waals surface area (Å²) in [5.74, 6) is 0. The molecule has 0 aliphatic rings. The normalized spacial score (nSPS) is 12.8. The average Bonchev–Trinajstić information content (AvgIpc) is 2.41. The molecule has 0 saturated carbocycles. The second kappa shape index (κ2) is 15.9. The van der Waals surface area contributed by atoms with Crippen molar-refractivity contribution in [3.63, 3.8) is 0 Å². The minimum absolute atomic E-state index is 0.0861. The maximum absolute atomic E-state index is 11.9. The molecule has 1 atom stereocenters. The van der Waals surface area contributed by atoms with Crippen LogP contribution in [0.25, 0.3) is 0 Å². The van der Waals surface area contributed by atoms with Gasteiger partial charge in [0, 0.05) is 0 Å².